The molecule has 6 nitrogen and oxygen atoms in total. The molecular weight excluding hydrogens is 373 g/mol. The van der Waals surface area contributed by atoms with Gasteiger partial charge in [-0.15, -0.1) is 0 Å². The van der Waals surface area contributed by atoms with Gasteiger partial charge in [0, 0.05) is 23.3 Å². The zero-order valence-electron chi connectivity index (χ0n) is 15.2. The lowest BCUT2D eigenvalue weighted by Gasteiger charge is -2.08. The summed E-state index contributed by atoms with van der Waals surface area (Å²) in [6.45, 7) is 0.467. The number of para-hydroxylation sites is 1. The first kappa shape index (κ1) is 18.4. The first-order chi connectivity index (χ1) is 14.0. The molecule has 0 radical (unpaired) electrons. The number of hydrogen-bond donors (Lipinski definition) is 2. The third kappa shape index (κ3) is 3.70. The molecule has 2 heterocycles. The fraction of sp³-hybridized carbons (Fsp3) is 0.0455. The van der Waals surface area contributed by atoms with Crippen molar-refractivity contribution in [3.63, 3.8) is 0 Å². The lowest BCUT2D eigenvalue weighted by atomic mass is 10.1. The van der Waals surface area contributed by atoms with Gasteiger partial charge in [-0.3, -0.25) is 9.78 Å². The molecule has 0 aliphatic carbocycles. The van der Waals surface area contributed by atoms with Crippen molar-refractivity contribution < 1.29 is 19.1 Å². The second-order valence-electron chi connectivity index (χ2n) is 6.46. The summed E-state index contributed by atoms with van der Waals surface area (Å²) in [5, 5.41) is 12.5. The number of fused-ring (bicyclic) bond motifs is 1. The van der Waals surface area contributed by atoms with Crippen LogP contribution in [0, 0.1) is 5.82 Å². The molecule has 2 aromatic carbocycles. The van der Waals surface area contributed by atoms with Gasteiger partial charge in [0.1, 0.15) is 5.82 Å². The molecule has 2 aromatic heterocycles. The van der Waals surface area contributed by atoms with E-state index in [0.29, 0.717) is 17.5 Å². The number of anilines is 1. The summed E-state index contributed by atoms with van der Waals surface area (Å²) in [7, 11) is 0. The average molecular weight is 389 g/mol. The van der Waals surface area contributed by atoms with Gasteiger partial charge in [-0.25, -0.2) is 9.18 Å². The van der Waals surface area contributed by atoms with E-state index in [1.165, 1.54) is 0 Å². The van der Waals surface area contributed by atoms with Crippen molar-refractivity contribution in [2.75, 3.05) is 5.32 Å². The van der Waals surface area contributed by atoms with Crippen LogP contribution in [0.1, 0.15) is 26.4 Å². The van der Waals surface area contributed by atoms with Gasteiger partial charge in [-0.1, -0.05) is 24.3 Å². The van der Waals surface area contributed by atoms with E-state index in [1.807, 2.05) is 47.0 Å². The molecule has 0 unspecified atom stereocenters. The summed E-state index contributed by atoms with van der Waals surface area (Å²) < 4.78 is 15.5. The molecular formula is C22H16FN3O3. The Hall–Kier alpha value is -4.00. The van der Waals surface area contributed by atoms with Crippen molar-refractivity contribution in [2.24, 2.45) is 0 Å². The number of carboxylic acids is 1. The Kier molecular flexibility index (Phi) is 4.78. The van der Waals surface area contributed by atoms with Crippen molar-refractivity contribution in [1.29, 1.82) is 0 Å². The monoisotopic (exact) mass is 389 g/mol. The van der Waals surface area contributed by atoms with Gasteiger partial charge in [0.05, 0.1) is 29.1 Å². The van der Waals surface area contributed by atoms with Gasteiger partial charge >= 0.3 is 5.97 Å². The first-order valence-electron chi connectivity index (χ1n) is 8.85. The van der Waals surface area contributed by atoms with Crippen LogP contribution in [0.15, 0.2) is 73.1 Å². The number of nitrogens with zero attached hydrogens (tertiary/aromatic N) is 2. The quantitative estimate of drug-likeness (QED) is 0.536. The number of carbonyl (C=O) groups excluding carboxylic acids is 1. The minimum atomic E-state index is -1.25. The summed E-state index contributed by atoms with van der Waals surface area (Å²) in [6.07, 6.45) is 3.39. The Bertz CT molecular complexity index is 1220. The highest BCUT2D eigenvalue weighted by Gasteiger charge is 2.18. The minimum Gasteiger partial charge on any atom is -0.478 e. The number of aromatic nitrogens is 2. The Balaban J connectivity index is 1.72. The molecule has 0 saturated carbocycles. The van der Waals surface area contributed by atoms with Crippen LogP contribution in [0.4, 0.5) is 10.1 Å². The zero-order chi connectivity index (χ0) is 20.4. The fourth-order valence-corrected chi connectivity index (χ4v) is 3.22. The molecule has 0 bridgehead atoms. The van der Waals surface area contributed by atoms with Crippen LogP contribution in [0.5, 0.6) is 0 Å². The number of benzene rings is 2. The Morgan fingerprint density at radius 2 is 1.83 bits per heavy atom. The van der Waals surface area contributed by atoms with Gasteiger partial charge in [0.2, 0.25) is 0 Å². The second kappa shape index (κ2) is 7.55. The molecule has 7 heteroatoms. The van der Waals surface area contributed by atoms with E-state index >= 15 is 0 Å². The molecule has 29 heavy (non-hydrogen) atoms. The van der Waals surface area contributed by atoms with Crippen molar-refractivity contribution in [1.82, 2.24) is 9.55 Å². The van der Waals surface area contributed by atoms with Gasteiger partial charge in [0.25, 0.3) is 5.91 Å². The van der Waals surface area contributed by atoms with Gasteiger partial charge < -0.3 is 15.0 Å². The highest BCUT2D eigenvalue weighted by molar-refractivity contribution is 6.14. The fourth-order valence-electron chi connectivity index (χ4n) is 3.22. The van der Waals surface area contributed by atoms with E-state index in [4.69, 9.17) is 0 Å². The van der Waals surface area contributed by atoms with E-state index in [1.54, 1.807) is 12.4 Å². The van der Waals surface area contributed by atoms with Crippen LogP contribution < -0.4 is 5.32 Å². The molecule has 0 atom stereocenters. The number of nitrogens with one attached hydrogen (secondary N) is 1. The van der Waals surface area contributed by atoms with Crippen LogP contribution in [-0.4, -0.2) is 26.5 Å². The molecule has 144 valence electrons. The van der Waals surface area contributed by atoms with Gasteiger partial charge in [-0.05, 0) is 36.4 Å². The number of carboxylic acid groups (broad SMARTS) is 1. The summed E-state index contributed by atoms with van der Waals surface area (Å²) in [5.74, 6) is -2.41. The molecule has 4 rings (SSSR count). The number of aromatic carboxylic acids is 1. The van der Waals surface area contributed by atoms with E-state index in [9.17, 15) is 19.1 Å². The largest absolute Gasteiger partial charge is 0.478 e. The molecule has 0 saturated heterocycles. The molecule has 0 aliphatic rings. The summed E-state index contributed by atoms with van der Waals surface area (Å²) in [6, 6.07) is 16.1. The van der Waals surface area contributed by atoms with E-state index in [2.05, 4.69) is 10.3 Å². The minimum absolute atomic E-state index is 0.0935. The van der Waals surface area contributed by atoms with E-state index in [-0.39, 0.29) is 11.3 Å². The van der Waals surface area contributed by atoms with Crippen molar-refractivity contribution in [2.45, 2.75) is 6.54 Å². The SMILES string of the molecule is O=C(O)c1ccc(F)cc1NC(=O)c1cn(Cc2ccccn2)c2ccccc12. The molecule has 2 N–H and O–H groups in total. The number of hydrogen-bond acceptors (Lipinski definition) is 3. The summed E-state index contributed by atoms with van der Waals surface area (Å²) >= 11 is 0. The molecule has 0 aliphatic heterocycles. The Morgan fingerprint density at radius 1 is 1.03 bits per heavy atom. The normalized spacial score (nSPS) is 10.8. The lowest BCUT2D eigenvalue weighted by molar-refractivity contribution is 0.0698. The first-order valence-corrected chi connectivity index (χ1v) is 8.85. The Morgan fingerprint density at radius 3 is 2.59 bits per heavy atom. The van der Waals surface area contributed by atoms with Crippen LogP contribution in [0.25, 0.3) is 10.9 Å². The molecule has 1 amide bonds. The second-order valence-corrected chi connectivity index (χ2v) is 6.46. The molecule has 4 aromatic rings. The van der Waals surface area contributed by atoms with E-state index in [0.717, 1.165) is 29.4 Å². The maximum Gasteiger partial charge on any atom is 0.337 e. The van der Waals surface area contributed by atoms with Crippen molar-refractivity contribution >= 4 is 28.5 Å². The smallest absolute Gasteiger partial charge is 0.337 e. The van der Waals surface area contributed by atoms with Crippen LogP contribution in [-0.2, 0) is 6.54 Å². The number of rotatable bonds is 5. The maximum atomic E-state index is 13.6. The Labute approximate surface area is 165 Å². The van der Waals surface area contributed by atoms with Crippen LogP contribution in [0.3, 0.4) is 0 Å². The third-order valence-corrected chi connectivity index (χ3v) is 4.55. The third-order valence-electron chi connectivity index (χ3n) is 4.55. The number of carbonyl (C=O) groups is 2. The van der Waals surface area contributed by atoms with Crippen molar-refractivity contribution in [3.05, 3.63) is 95.7 Å². The van der Waals surface area contributed by atoms with Crippen molar-refractivity contribution in [3.8, 4) is 0 Å². The maximum absolute atomic E-state index is 13.6. The van der Waals surface area contributed by atoms with Crippen LogP contribution >= 0.6 is 0 Å². The summed E-state index contributed by atoms with van der Waals surface area (Å²) in [5.41, 5.74) is 1.75. The van der Waals surface area contributed by atoms with Gasteiger partial charge in [-0.2, -0.15) is 0 Å². The zero-order valence-corrected chi connectivity index (χ0v) is 15.2. The summed E-state index contributed by atoms with van der Waals surface area (Å²) in [4.78, 5) is 28.6. The molecule has 0 spiro atoms. The predicted molar refractivity (Wildman–Crippen MR) is 107 cm³/mol. The van der Waals surface area contributed by atoms with Crippen LogP contribution in [0.2, 0.25) is 0 Å². The predicted octanol–water partition coefficient (Wildman–Crippen LogP) is 4.17. The molecule has 0 fully saturated rings. The average Bonchev–Trinajstić information content (AvgIpc) is 3.07. The number of halogens is 1. The highest BCUT2D eigenvalue weighted by atomic mass is 19.1. The van der Waals surface area contributed by atoms with Gasteiger partial charge in [0.15, 0.2) is 0 Å². The lowest BCUT2D eigenvalue weighted by Crippen LogP contribution is -2.15. The number of amides is 1. The van der Waals surface area contributed by atoms with E-state index < -0.39 is 17.7 Å². The number of pyridine rings is 1. The standard InChI is InChI=1S/C22H16FN3O3/c23-14-8-9-17(22(28)29)19(11-14)25-21(27)18-13-26(12-15-5-3-4-10-24-15)20-7-2-1-6-16(18)20/h1-11,13H,12H2,(H,25,27)(H,28,29). The highest BCUT2D eigenvalue weighted by Crippen LogP contribution is 2.25. The topological polar surface area (TPSA) is 84.2 Å².